The Kier molecular flexibility index (Phi) is 3.33. The minimum absolute atomic E-state index is 0.473. The minimum atomic E-state index is 0.473. The molecule has 1 aromatic heterocycles. The molecule has 0 saturated carbocycles. The maximum atomic E-state index is 5.47. The fourth-order valence-corrected chi connectivity index (χ4v) is 2.01. The van der Waals surface area contributed by atoms with Gasteiger partial charge in [0, 0.05) is 25.8 Å². The molecule has 5 nitrogen and oxygen atoms in total. The van der Waals surface area contributed by atoms with E-state index in [-0.39, 0.29) is 0 Å². The van der Waals surface area contributed by atoms with Gasteiger partial charge < -0.3 is 10.6 Å². The third kappa shape index (κ3) is 2.76. The van der Waals surface area contributed by atoms with Crippen LogP contribution in [0.5, 0.6) is 0 Å². The molecule has 1 atom stereocenters. The first kappa shape index (κ1) is 10.6. The zero-order valence-electron chi connectivity index (χ0n) is 9.26. The van der Waals surface area contributed by atoms with Gasteiger partial charge in [-0.2, -0.15) is 0 Å². The second-order valence-electron chi connectivity index (χ2n) is 4.37. The molecule has 1 aliphatic rings. The predicted molar refractivity (Wildman–Crippen MR) is 58.1 cm³/mol. The minimum Gasteiger partial charge on any atom is -0.325 e. The second kappa shape index (κ2) is 4.72. The SMILES string of the molecule is CC1CCN(CCn2cc(CN)nn2)C1. The highest BCUT2D eigenvalue weighted by Gasteiger charge is 2.17. The van der Waals surface area contributed by atoms with Crippen LogP contribution in [-0.2, 0) is 13.1 Å². The van der Waals surface area contributed by atoms with Crippen molar-refractivity contribution in [2.24, 2.45) is 11.7 Å². The van der Waals surface area contributed by atoms with Gasteiger partial charge in [-0.25, -0.2) is 0 Å². The molecule has 1 fully saturated rings. The summed E-state index contributed by atoms with van der Waals surface area (Å²) in [6.07, 6.45) is 3.25. The van der Waals surface area contributed by atoms with Gasteiger partial charge in [0.1, 0.15) is 0 Å². The van der Waals surface area contributed by atoms with Crippen molar-refractivity contribution in [3.63, 3.8) is 0 Å². The Morgan fingerprint density at radius 1 is 1.53 bits per heavy atom. The lowest BCUT2D eigenvalue weighted by atomic mass is 10.2. The fourth-order valence-electron chi connectivity index (χ4n) is 2.01. The largest absolute Gasteiger partial charge is 0.325 e. The van der Waals surface area contributed by atoms with Crippen molar-refractivity contribution < 1.29 is 0 Å². The van der Waals surface area contributed by atoms with E-state index in [9.17, 15) is 0 Å². The molecule has 0 bridgehead atoms. The van der Waals surface area contributed by atoms with Gasteiger partial charge in [0.15, 0.2) is 0 Å². The molecule has 2 rings (SSSR count). The summed E-state index contributed by atoms with van der Waals surface area (Å²) in [4.78, 5) is 2.48. The average molecular weight is 209 g/mol. The zero-order chi connectivity index (χ0) is 10.7. The highest BCUT2D eigenvalue weighted by molar-refractivity contribution is 4.90. The van der Waals surface area contributed by atoms with Crippen LogP contribution < -0.4 is 5.73 Å². The lowest BCUT2D eigenvalue weighted by Gasteiger charge is -2.14. The van der Waals surface area contributed by atoms with E-state index >= 15 is 0 Å². The summed E-state index contributed by atoms with van der Waals surface area (Å²) in [6.45, 7) is 7.21. The molecule has 1 saturated heterocycles. The van der Waals surface area contributed by atoms with Crippen LogP contribution in [0.4, 0.5) is 0 Å². The summed E-state index contributed by atoms with van der Waals surface area (Å²) < 4.78 is 1.88. The number of likely N-dealkylation sites (tertiary alicyclic amines) is 1. The molecule has 2 heterocycles. The second-order valence-corrected chi connectivity index (χ2v) is 4.37. The topological polar surface area (TPSA) is 60.0 Å². The number of nitrogens with two attached hydrogens (primary N) is 1. The zero-order valence-corrected chi connectivity index (χ0v) is 9.26. The van der Waals surface area contributed by atoms with E-state index in [2.05, 4.69) is 22.1 Å². The van der Waals surface area contributed by atoms with Crippen LogP contribution in [-0.4, -0.2) is 39.5 Å². The first-order valence-corrected chi connectivity index (χ1v) is 5.59. The van der Waals surface area contributed by atoms with Crippen LogP contribution in [0.3, 0.4) is 0 Å². The number of aromatic nitrogens is 3. The van der Waals surface area contributed by atoms with E-state index in [1.54, 1.807) is 0 Å². The van der Waals surface area contributed by atoms with Gasteiger partial charge in [0.2, 0.25) is 0 Å². The molecular formula is C10H19N5. The first-order chi connectivity index (χ1) is 7.28. The third-order valence-electron chi connectivity index (χ3n) is 2.95. The first-order valence-electron chi connectivity index (χ1n) is 5.59. The van der Waals surface area contributed by atoms with Crippen LogP contribution in [0.1, 0.15) is 19.0 Å². The maximum Gasteiger partial charge on any atom is 0.0962 e. The number of hydrogen-bond donors (Lipinski definition) is 1. The summed E-state index contributed by atoms with van der Waals surface area (Å²) in [6, 6.07) is 0. The van der Waals surface area contributed by atoms with Crippen molar-refractivity contribution in [3.8, 4) is 0 Å². The van der Waals surface area contributed by atoms with Gasteiger partial charge in [-0.15, -0.1) is 5.10 Å². The van der Waals surface area contributed by atoms with Crippen molar-refractivity contribution >= 4 is 0 Å². The summed E-state index contributed by atoms with van der Waals surface area (Å²) in [5.41, 5.74) is 6.34. The van der Waals surface area contributed by atoms with Crippen molar-refractivity contribution in [2.45, 2.75) is 26.4 Å². The summed E-state index contributed by atoms with van der Waals surface area (Å²) in [5.74, 6) is 0.848. The lowest BCUT2D eigenvalue weighted by molar-refractivity contribution is 0.305. The normalized spacial score (nSPS) is 22.4. The Morgan fingerprint density at radius 3 is 3.00 bits per heavy atom. The van der Waals surface area contributed by atoms with Crippen LogP contribution in [0.2, 0.25) is 0 Å². The monoisotopic (exact) mass is 209 g/mol. The standard InChI is InChI=1S/C10H19N5/c1-9-2-3-14(7-9)4-5-15-8-10(6-11)12-13-15/h8-9H,2-7,11H2,1H3. The van der Waals surface area contributed by atoms with Gasteiger partial charge in [0.25, 0.3) is 0 Å². The quantitative estimate of drug-likeness (QED) is 0.763. The van der Waals surface area contributed by atoms with Crippen LogP contribution >= 0.6 is 0 Å². The molecule has 2 N–H and O–H groups in total. The highest BCUT2D eigenvalue weighted by atomic mass is 15.4. The lowest BCUT2D eigenvalue weighted by Crippen LogP contribution is -2.25. The summed E-state index contributed by atoms with van der Waals surface area (Å²) in [7, 11) is 0. The van der Waals surface area contributed by atoms with Gasteiger partial charge >= 0.3 is 0 Å². The summed E-state index contributed by atoms with van der Waals surface area (Å²) in [5, 5.41) is 7.99. The van der Waals surface area contributed by atoms with Gasteiger partial charge in [-0.05, 0) is 18.9 Å². The van der Waals surface area contributed by atoms with E-state index in [0.717, 1.165) is 24.7 Å². The molecule has 1 unspecified atom stereocenters. The van der Waals surface area contributed by atoms with Gasteiger partial charge in [0.05, 0.1) is 12.2 Å². The summed E-state index contributed by atoms with van der Waals surface area (Å²) >= 11 is 0. The van der Waals surface area contributed by atoms with E-state index in [4.69, 9.17) is 5.73 Å². The Morgan fingerprint density at radius 2 is 2.40 bits per heavy atom. The molecule has 84 valence electrons. The van der Waals surface area contributed by atoms with Crippen molar-refractivity contribution in [1.29, 1.82) is 0 Å². The molecular weight excluding hydrogens is 190 g/mol. The van der Waals surface area contributed by atoms with Gasteiger partial charge in [-0.3, -0.25) is 4.68 Å². The molecule has 0 aromatic carbocycles. The molecule has 1 aromatic rings. The highest BCUT2D eigenvalue weighted by Crippen LogP contribution is 2.14. The van der Waals surface area contributed by atoms with E-state index in [1.807, 2.05) is 10.9 Å². The Hall–Kier alpha value is -0.940. The third-order valence-corrected chi connectivity index (χ3v) is 2.95. The number of nitrogens with zero attached hydrogens (tertiary/aromatic N) is 4. The molecule has 0 aliphatic carbocycles. The Balaban J connectivity index is 1.77. The van der Waals surface area contributed by atoms with E-state index in [1.165, 1.54) is 19.5 Å². The predicted octanol–water partition coefficient (Wildman–Crippen LogP) is 0.0786. The van der Waals surface area contributed by atoms with Crippen LogP contribution in [0, 0.1) is 5.92 Å². The number of hydrogen-bond acceptors (Lipinski definition) is 4. The van der Waals surface area contributed by atoms with Crippen molar-refractivity contribution in [3.05, 3.63) is 11.9 Å². The van der Waals surface area contributed by atoms with Gasteiger partial charge in [-0.1, -0.05) is 12.1 Å². The molecule has 0 spiro atoms. The van der Waals surface area contributed by atoms with Crippen LogP contribution in [0.25, 0.3) is 0 Å². The Labute approximate surface area is 90.2 Å². The Bertz CT molecular complexity index is 309. The molecule has 5 heteroatoms. The average Bonchev–Trinajstić information content (AvgIpc) is 2.83. The molecule has 0 amide bonds. The van der Waals surface area contributed by atoms with Crippen LogP contribution in [0.15, 0.2) is 6.20 Å². The van der Waals surface area contributed by atoms with E-state index < -0.39 is 0 Å². The molecule has 0 radical (unpaired) electrons. The number of rotatable bonds is 4. The molecule has 1 aliphatic heterocycles. The van der Waals surface area contributed by atoms with Crippen molar-refractivity contribution in [2.75, 3.05) is 19.6 Å². The van der Waals surface area contributed by atoms with E-state index in [0.29, 0.717) is 6.54 Å². The fraction of sp³-hybridized carbons (Fsp3) is 0.800. The maximum absolute atomic E-state index is 5.47. The molecule has 15 heavy (non-hydrogen) atoms. The van der Waals surface area contributed by atoms with Crippen molar-refractivity contribution in [1.82, 2.24) is 19.9 Å². The smallest absolute Gasteiger partial charge is 0.0962 e.